The van der Waals surface area contributed by atoms with Gasteiger partial charge in [-0.2, -0.15) is 0 Å². The predicted octanol–water partition coefficient (Wildman–Crippen LogP) is 3.31. The molecule has 0 aliphatic heterocycles. The molecule has 0 fully saturated rings. The molecule has 2 aromatic rings. The fourth-order valence-corrected chi connectivity index (χ4v) is 2.99. The summed E-state index contributed by atoms with van der Waals surface area (Å²) in [5, 5.41) is 1.31. The maximum Gasteiger partial charge on any atom is 0.0627 e. The van der Waals surface area contributed by atoms with E-state index < -0.39 is 0 Å². The summed E-state index contributed by atoms with van der Waals surface area (Å²) in [6.45, 7) is 5.03. The van der Waals surface area contributed by atoms with Crippen molar-refractivity contribution in [2.24, 2.45) is 12.8 Å². The van der Waals surface area contributed by atoms with E-state index in [1.807, 2.05) is 0 Å². The molecule has 3 heteroatoms. The van der Waals surface area contributed by atoms with Crippen LogP contribution < -0.4 is 5.73 Å². The summed E-state index contributed by atoms with van der Waals surface area (Å²) >= 11 is 3.61. The van der Waals surface area contributed by atoms with Crippen LogP contribution in [0.4, 0.5) is 0 Å². The SMILES string of the molecule is Cc1c(C(C)CN)c2cccc(Br)c2n1C. The Morgan fingerprint density at radius 2 is 2.12 bits per heavy atom. The average molecular weight is 281 g/mol. The first-order valence-corrected chi connectivity index (χ1v) is 6.30. The van der Waals surface area contributed by atoms with Crippen LogP contribution in [-0.2, 0) is 7.05 Å². The summed E-state index contributed by atoms with van der Waals surface area (Å²) in [5.41, 5.74) is 9.73. The van der Waals surface area contributed by atoms with Crippen molar-refractivity contribution >= 4 is 26.8 Å². The van der Waals surface area contributed by atoms with Gasteiger partial charge in [0.1, 0.15) is 0 Å². The molecule has 0 spiro atoms. The molecule has 1 heterocycles. The molecule has 2 N–H and O–H groups in total. The highest BCUT2D eigenvalue weighted by Gasteiger charge is 2.17. The fraction of sp³-hybridized carbons (Fsp3) is 0.385. The van der Waals surface area contributed by atoms with Crippen LogP contribution in [0.2, 0.25) is 0 Å². The van der Waals surface area contributed by atoms with E-state index in [4.69, 9.17) is 5.73 Å². The van der Waals surface area contributed by atoms with Crippen LogP contribution in [-0.4, -0.2) is 11.1 Å². The lowest BCUT2D eigenvalue weighted by Crippen LogP contribution is -2.09. The van der Waals surface area contributed by atoms with Gasteiger partial charge in [-0.15, -0.1) is 0 Å². The zero-order valence-corrected chi connectivity index (χ0v) is 11.5. The van der Waals surface area contributed by atoms with Crippen LogP contribution in [0.15, 0.2) is 22.7 Å². The summed E-state index contributed by atoms with van der Waals surface area (Å²) < 4.78 is 3.38. The van der Waals surface area contributed by atoms with E-state index in [-0.39, 0.29) is 0 Å². The van der Waals surface area contributed by atoms with Gasteiger partial charge in [0, 0.05) is 22.6 Å². The van der Waals surface area contributed by atoms with Gasteiger partial charge >= 0.3 is 0 Å². The van der Waals surface area contributed by atoms with Gasteiger partial charge < -0.3 is 10.3 Å². The number of hydrogen-bond donors (Lipinski definition) is 1. The largest absolute Gasteiger partial charge is 0.347 e. The van der Waals surface area contributed by atoms with E-state index in [2.05, 4.69) is 59.6 Å². The van der Waals surface area contributed by atoms with Gasteiger partial charge in [0.15, 0.2) is 0 Å². The number of hydrogen-bond acceptors (Lipinski definition) is 1. The maximum absolute atomic E-state index is 5.79. The van der Waals surface area contributed by atoms with Crippen LogP contribution in [0.25, 0.3) is 10.9 Å². The summed E-state index contributed by atoms with van der Waals surface area (Å²) in [4.78, 5) is 0. The minimum absolute atomic E-state index is 0.401. The molecule has 86 valence electrons. The number of nitrogens with zero attached hydrogens (tertiary/aromatic N) is 1. The molecule has 1 unspecified atom stereocenters. The Labute approximate surface area is 105 Å². The summed E-state index contributed by atoms with van der Waals surface area (Å²) in [6.07, 6.45) is 0. The van der Waals surface area contributed by atoms with Crippen molar-refractivity contribution in [3.05, 3.63) is 33.9 Å². The molecular weight excluding hydrogens is 264 g/mol. The predicted molar refractivity (Wildman–Crippen MR) is 72.8 cm³/mol. The molecule has 0 radical (unpaired) electrons. The lowest BCUT2D eigenvalue weighted by atomic mass is 9.98. The monoisotopic (exact) mass is 280 g/mol. The van der Waals surface area contributed by atoms with Crippen molar-refractivity contribution in [2.45, 2.75) is 19.8 Å². The quantitative estimate of drug-likeness (QED) is 0.899. The van der Waals surface area contributed by atoms with E-state index in [9.17, 15) is 0 Å². The highest BCUT2D eigenvalue weighted by atomic mass is 79.9. The zero-order chi connectivity index (χ0) is 11.9. The van der Waals surface area contributed by atoms with E-state index in [0.717, 1.165) is 4.47 Å². The number of rotatable bonds is 2. The molecule has 0 aliphatic carbocycles. The minimum Gasteiger partial charge on any atom is -0.347 e. The van der Waals surface area contributed by atoms with E-state index >= 15 is 0 Å². The Morgan fingerprint density at radius 1 is 1.44 bits per heavy atom. The number of fused-ring (bicyclic) bond motifs is 1. The van der Waals surface area contributed by atoms with Crippen molar-refractivity contribution in [2.75, 3.05) is 6.54 Å². The van der Waals surface area contributed by atoms with Crippen molar-refractivity contribution in [1.82, 2.24) is 4.57 Å². The molecule has 0 saturated heterocycles. The number of benzene rings is 1. The van der Waals surface area contributed by atoms with Gasteiger partial charge in [0.2, 0.25) is 0 Å². The first-order valence-electron chi connectivity index (χ1n) is 5.51. The zero-order valence-electron chi connectivity index (χ0n) is 9.92. The Morgan fingerprint density at radius 3 is 2.75 bits per heavy atom. The van der Waals surface area contributed by atoms with Gasteiger partial charge in [0.25, 0.3) is 0 Å². The number of aromatic nitrogens is 1. The van der Waals surface area contributed by atoms with Gasteiger partial charge in [-0.25, -0.2) is 0 Å². The van der Waals surface area contributed by atoms with Gasteiger partial charge in [0.05, 0.1) is 5.52 Å². The van der Waals surface area contributed by atoms with Crippen LogP contribution >= 0.6 is 15.9 Å². The minimum atomic E-state index is 0.401. The Kier molecular flexibility index (Phi) is 3.08. The van der Waals surface area contributed by atoms with Crippen LogP contribution in [0.3, 0.4) is 0 Å². The molecule has 0 amide bonds. The van der Waals surface area contributed by atoms with Crippen molar-refractivity contribution in [3.8, 4) is 0 Å². The number of aryl methyl sites for hydroxylation is 1. The Balaban J connectivity index is 2.84. The second-order valence-corrected chi connectivity index (χ2v) is 5.19. The fourth-order valence-electron chi connectivity index (χ4n) is 2.36. The highest BCUT2D eigenvalue weighted by Crippen LogP contribution is 2.34. The lowest BCUT2D eigenvalue weighted by Gasteiger charge is -2.09. The average Bonchev–Trinajstić information content (AvgIpc) is 2.52. The standard InChI is InChI=1S/C13H17BrN2/c1-8(7-15)12-9(2)16(3)13-10(12)5-4-6-11(13)14/h4-6,8H,7,15H2,1-3H3. The van der Waals surface area contributed by atoms with Crippen LogP contribution in [0.5, 0.6) is 0 Å². The first-order chi connectivity index (χ1) is 7.57. The first kappa shape index (κ1) is 11.7. The molecule has 1 aromatic heterocycles. The third-order valence-electron chi connectivity index (χ3n) is 3.35. The molecule has 0 saturated carbocycles. The number of halogens is 1. The van der Waals surface area contributed by atoms with Crippen molar-refractivity contribution in [1.29, 1.82) is 0 Å². The lowest BCUT2D eigenvalue weighted by molar-refractivity contribution is 0.761. The number of nitrogens with two attached hydrogens (primary N) is 1. The van der Waals surface area contributed by atoms with Crippen molar-refractivity contribution in [3.63, 3.8) is 0 Å². The summed E-state index contributed by atoms with van der Waals surface area (Å²) in [6, 6.07) is 6.34. The second-order valence-electron chi connectivity index (χ2n) is 4.33. The smallest absolute Gasteiger partial charge is 0.0627 e. The number of para-hydroxylation sites is 1. The molecule has 2 rings (SSSR count). The summed E-state index contributed by atoms with van der Waals surface area (Å²) in [5.74, 6) is 0.401. The molecule has 0 bridgehead atoms. The van der Waals surface area contributed by atoms with Gasteiger partial charge in [-0.1, -0.05) is 19.1 Å². The maximum atomic E-state index is 5.79. The third-order valence-corrected chi connectivity index (χ3v) is 3.99. The van der Waals surface area contributed by atoms with Crippen LogP contribution in [0, 0.1) is 6.92 Å². The topological polar surface area (TPSA) is 30.9 Å². The van der Waals surface area contributed by atoms with Gasteiger partial charge in [-0.05, 0) is 46.9 Å². The Bertz CT molecular complexity index is 528. The third kappa shape index (κ3) is 1.59. The normalized spacial score (nSPS) is 13.3. The van der Waals surface area contributed by atoms with Crippen LogP contribution in [0.1, 0.15) is 24.1 Å². The highest BCUT2D eigenvalue weighted by molar-refractivity contribution is 9.10. The van der Waals surface area contributed by atoms with Gasteiger partial charge in [-0.3, -0.25) is 0 Å². The Hall–Kier alpha value is -0.800. The molecular formula is C13H17BrN2. The molecule has 1 atom stereocenters. The molecule has 0 aliphatic rings. The van der Waals surface area contributed by atoms with E-state index in [1.54, 1.807) is 0 Å². The molecule has 2 nitrogen and oxygen atoms in total. The van der Waals surface area contributed by atoms with E-state index in [0.29, 0.717) is 12.5 Å². The van der Waals surface area contributed by atoms with Crippen molar-refractivity contribution < 1.29 is 0 Å². The molecule has 1 aromatic carbocycles. The van der Waals surface area contributed by atoms with E-state index in [1.165, 1.54) is 22.2 Å². The molecule has 16 heavy (non-hydrogen) atoms. The second kappa shape index (κ2) is 4.22. The summed E-state index contributed by atoms with van der Waals surface area (Å²) in [7, 11) is 2.11.